The number of amides is 1. The van der Waals surface area contributed by atoms with E-state index >= 15 is 0 Å². The standard InChI is InChI=1S/C21H27N3O2/c1-5-16(2)18-8-12-20(13-9-18)26-15-21(25)23-22-14-17-6-10-19(11-7-17)24(3)4/h6-14,16H,5,15H2,1-4H3,(H,23,25)/b22-14+. The molecule has 138 valence electrons. The van der Waals surface area contributed by atoms with Gasteiger partial charge in [0.25, 0.3) is 5.91 Å². The molecule has 0 aromatic heterocycles. The van der Waals surface area contributed by atoms with E-state index in [0.29, 0.717) is 11.7 Å². The molecule has 0 fully saturated rings. The molecular weight excluding hydrogens is 326 g/mol. The van der Waals surface area contributed by atoms with Crippen LogP contribution in [0.2, 0.25) is 0 Å². The van der Waals surface area contributed by atoms with Gasteiger partial charge in [0.05, 0.1) is 6.21 Å². The van der Waals surface area contributed by atoms with Crippen LogP contribution < -0.4 is 15.1 Å². The van der Waals surface area contributed by atoms with Crippen LogP contribution in [0, 0.1) is 0 Å². The molecule has 0 radical (unpaired) electrons. The first-order chi connectivity index (χ1) is 12.5. The average Bonchev–Trinajstić information content (AvgIpc) is 2.66. The topological polar surface area (TPSA) is 53.9 Å². The van der Waals surface area contributed by atoms with E-state index in [9.17, 15) is 4.79 Å². The van der Waals surface area contributed by atoms with E-state index < -0.39 is 0 Å². The van der Waals surface area contributed by atoms with Gasteiger partial charge in [-0.05, 0) is 47.7 Å². The minimum Gasteiger partial charge on any atom is -0.484 e. The number of ether oxygens (including phenoxy) is 1. The molecule has 2 aromatic rings. The molecule has 2 aromatic carbocycles. The average molecular weight is 353 g/mol. The van der Waals surface area contributed by atoms with Crippen LogP contribution in [0.4, 0.5) is 5.69 Å². The summed E-state index contributed by atoms with van der Waals surface area (Å²) in [5.74, 6) is 0.904. The summed E-state index contributed by atoms with van der Waals surface area (Å²) in [4.78, 5) is 13.8. The number of hydrogen-bond acceptors (Lipinski definition) is 4. The Balaban J connectivity index is 1.78. The molecule has 0 bridgehead atoms. The fourth-order valence-corrected chi connectivity index (χ4v) is 2.35. The Hall–Kier alpha value is -2.82. The summed E-state index contributed by atoms with van der Waals surface area (Å²) < 4.78 is 5.49. The van der Waals surface area contributed by atoms with Gasteiger partial charge in [-0.2, -0.15) is 5.10 Å². The zero-order chi connectivity index (χ0) is 18.9. The van der Waals surface area contributed by atoms with E-state index in [4.69, 9.17) is 4.74 Å². The highest BCUT2D eigenvalue weighted by atomic mass is 16.5. The van der Waals surface area contributed by atoms with E-state index in [1.807, 2.05) is 67.5 Å². The van der Waals surface area contributed by atoms with Crippen molar-refractivity contribution in [2.75, 3.05) is 25.6 Å². The lowest BCUT2D eigenvalue weighted by Gasteiger charge is -2.11. The zero-order valence-electron chi connectivity index (χ0n) is 15.9. The first-order valence-corrected chi connectivity index (χ1v) is 8.81. The Morgan fingerprint density at radius 1 is 1.15 bits per heavy atom. The van der Waals surface area contributed by atoms with Gasteiger partial charge in [-0.15, -0.1) is 0 Å². The first kappa shape index (κ1) is 19.5. The van der Waals surface area contributed by atoms with Gasteiger partial charge in [0.2, 0.25) is 0 Å². The second-order valence-corrected chi connectivity index (χ2v) is 6.45. The highest BCUT2D eigenvalue weighted by molar-refractivity contribution is 5.83. The third-order valence-electron chi connectivity index (χ3n) is 4.24. The normalized spacial score (nSPS) is 12.0. The van der Waals surface area contributed by atoms with Crippen molar-refractivity contribution in [2.45, 2.75) is 26.2 Å². The SMILES string of the molecule is CCC(C)c1ccc(OCC(=O)N/N=C/c2ccc(N(C)C)cc2)cc1. The van der Waals surface area contributed by atoms with Gasteiger partial charge < -0.3 is 9.64 Å². The first-order valence-electron chi connectivity index (χ1n) is 8.81. The highest BCUT2D eigenvalue weighted by Crippen LogP contribution is 2.21. The predicted molar refractivity (Wildman–Crippen MR) is 107 cm³/mol. The quantitative estimate of drug-likeness (QED) is 0.580. The monoisotopic (exact) mass is 353 g/mol. The summed E-state index contributed by atoms with van der Waals surface area (Å²) >= 11 is 0. The van der Waals surface area contributed by atoms with Gasteiger partial charge in [0.1, 0.15) is 5.75 Å². The summed E-state index contributed by atoms with van der Waals surface area (Å²) in [6, 6.07) is 15.7. The van der Waals surface area contributed by atoms with Gasteiger partial charge in [-0.1, -0.05) is 38.1 Å². The van der Waals surface area contributed by atoms with Crippen LogP contribution in [0.15, 0.2) is 53.6 Å². The third kappa shape index (κ3) is 5.92. The van der Waals surface area contributed by atoms with Crippen LogP contribution in [0.25, 0.3) is 0 Å². The van der Waals surface area contributed by atoms with Crippen LogP contribution in [0.5, 0.6) is 5.75 Å². The summed E-state index contributed by atoms with van der Waals surface area (Å²) in [7, 11) is 3.97. The molecule has 1 N–H and O–H groups in total. The summed E-state index contributed by atoms with van der Waals surface area (Å²) in [5.41, 5.74) is 5.77. The number of benzene rings is 2. The minimum absolute atomic E-state index is 0.0699. The molecular formula is C21H27N3O2. The van der Waals surface area contributed by atoms with Crippen molar-refractivity contribution >= 4 is 17.8 Å². The van der Waals surface area contributed by atoms with Gasteiger partial charge in [-0.3, -0.25) is 4.79 Å². The lowest BCUT2D eigenvalue weighted by molar-refractivity contribution is -0.123. The largest absolute Gasteiger partial charge is 0.484 e. The molecule has 5 heteroatoms. The molecule has 0 aliphatic heterocycles. The molecule has 0 aliphatic rings. The van der Waals surface area contributed by atoms with Crippen molar-refractivity contribution in [3.63, 3.8) is 0 Å². The van der Waals surface area contributed by atoms with Gasteiger partial charge in [-0.25, -0.2) is 5.43 Å². The Morgan fingerprint density at radius 3 is 2.38 bits per heavy atom. The number of hydrazone groups is 1. The minimum atomic E-state index is -0.294. The van der Waals surface area contributed by atoms with Crippen molar-refractivity contribution < 1.29 is 9.53 Å². The van der Waals surface area contributed by atoms with E-state index in [1.165, 1.54) is 5.56 Å². The third-order valence-corrected chi connectivity index (χ3v) is 4.24. The van der Waals surface area contributed by atoms with Gasteiger partial charge >= 0.3 is 0 Å². The molecule has 1 unspecified atom stereocenters. The van der Waals surface area contributed by atoms with E-state index in [1.54, 1.807) is 6.21 Å². The maximum absolute atomic E-state index is 11.8. The van der Waals surface area contributed by atoms with Crippen molar-refractivity contribution in [1.82, 2.24) is 5.43 Å². The number of rotatable bonds is 8. The molecule has 26 heavy (non-hydrogen) atoms. The second-order valence-electron chi connectivity index (χ2n) is 6.45. The summed E-state index contributed by atoms with van der Waals surface area (Å²) in [6.45, 7) is 4.28. The number of carbonyl (C=O) groups is 1. The van der Waals surface area contributed by atoms with E-state index in [0.717, 1.165) is 17.7 Å². The van der Waals surface area contributed by atoms with Crippen molar-refractivity contribution in [1.29, 1.82) is 0 Å². The number of nitrogens with zero attached hydrogens (tertiary/aromatic N) is 2. The zero-order valence-corrected chi connectivity index (χ0v) is 15.9. The van der Waals surface area contributed by atoms with Crippen LogP contribution in [0.3, 0.4) is 0 Å². The molecule has 0 saturated carbocycles. The van der Waals surface area contributed by atoms with Crippen LogP contribution in [0.1, 0.15) is 37.3 Å². The van der Waals surface area contributed by atoms with Crippen molar-refractivity contribution in [2.24, 2.45) is 5.10 Å². The molecule has 0 saturated heterocycles. The highest BCUT2D eigenvalue weighted by Gasteiger charge is 2.04. The number of anilines is 1. The fraction of sp³-hybridized carbons (Fsp3) is 0.333. The number of carbonyl (C=O) groups excluding carboxylic acids is 1. The number of nitrogens with one attached hydrogen (secondary N) is 1. The summed E-state index contributed by atoms with van der Waals surface area (Å²) in [5, 5.41) is 3.96. The van der Waals surface area contributed by atoms with E-state index in [-0.39, 0.29) is 12.5 Å². The van der Waals surface area contributed by atoms with Crippen LogP contribution in [-0.4, -0.2) is 32.8 Å². The van der Waals surface area contributed by atoms with Crippen molar-refractivity contribution in [3.8, 4) is 5.75 Å². The molecule has 0 heterocycles. The summed E-state index contributed by atoms with van der Waals surface area (Å²) in [6.07, 6.45) is 2.71. The molecule has 0 spiro atoms. The lowest BCUT2D eigenvalue weighted by atomic mass is 9.99. The molecule has 2 rings (SSSR count). The second kappa shape index (κ2) is 9.61. The Labute approximate surface area is 155 Å². The Bertz CT molecular complexity index is 722. The molecule has 1 amide bonds. The Kier molecular flexibility index (Phi) is 7.21. The van der Waals surface area contributed by atoms with Crippen molar-refractivity contribution in [3.05, 3.63) is 59.7 Å². The Morgan fingerprint density at radius 2 is 1.81 bits per heavy atom. The van der Waals surface area contributed by atoms with Crippen LogP contribution >= 0.6 is 0 Å². The maximum atomic E-state index is 11.8. The van der Waals surface area contributed by atoms with Gasteiger partial charge in [0, 0.05) is 19.8 Å². The fourth-order valence-electron chi connectivity index (χ4n) is 2.35. The predicted octanol–water partition coefficient (Wildman–Crippen LogP) is 3.80. The lowest BCUT2D eigenvalue weighted by Crippen LogP contribution is -2.24. The molecule has 0 aliphatic carbocycles. The molecule has 5 nitrogen and oxygen atoms in total. The molecule has 1 atom stereocenters. The van der Waals surface area contributed by atoms with Crippen LogP contribution in [-0.2, 0) is 4.79 Å². The van der Waals surface area contributed by atoms with Gasteiger partial charge in [0.15, 0.2) is 6.61 Å². The smallest absolute Gasteiger partial charge is 0.277 e. The van der Waals surface area contributed by atoms with E-state index in [2.05, 4.69) is 24.4 Å². The number of hydrogen-bond donors (Lipinski definition) is 1. The maximum Gasteiger partial charge on any atom is 0.277 e.